The van der Waals surface area contributed by atoms with E-state index in [9.17, 15) is 0 Å². The summed E-state index contributed by atoms with van der Waals surface area (Å²) in [5, 5.41) is 11.8. The van der Waals surface area contributed by atoms with Crippen LogP contribution in [0.4, 0.5) is 0 Å². The molecule has 1 aliphatic carbocycles. The van der Waals surface area contributed by atoms with Crippen LogP contribution in [0.1, 0.15) is 5.56 Å². The van der Waals surface area contributed by atoms with Crippen molar-refractivity contribution < 1.29 is 0 Å². The first-order valence-corrected chi connectivity index (χ1v) is 10.6. The van der Waals surface area contributed by atoms with Crippen LogP contribution in [-0.4, -0.2) is 0 Å². The van der Waals surface area contributed by atoms with Crippen LogP contribution in [0.3, 0.4) is 0 Å². The normalized spacial score (nSPS) is 12.5. The van der Waals surface area contributed by atoms with E-state index in [1.807, 2.05) is 11.3 Å². The molecule has 0 bridgehead atoms. The molecule has 7 rings (SSSR count). The lowest BCUT2D eigenvalue weighted by atomic mass is 9.93. The molecule has 130 valence electrons. The largest absolute Gasteiger partial charge is 0.144 e. The van der Waals surface area contributed by atoms with E-state index in [0.29, 0.717) is 0 Å². The Kier molecular flexibility index (Phi) is 2.65. The Morgan fingerprint density at radius 1 is 0.571 bits per heavy atom. The van der Waals surface area contributed by atoms with Gasteiger partial charge in [0.05, 0.1) is 0 Å². The van der Waals surface area contributed by atoms with Gasteiger partial charge in [-0.05, 0) is 96.0 Å². The molecule has 0 spiro atoms. The zero-order valence-electron chi connectivity index (χ0n) is 15.4. The first-order valence-electron chi connectivity index (χ1n) is 9.69. The van der Waals surface area contributed by atoms with Gasteiger partial charge in [-0.2, -0.15) is 0 Å². The molecule has 1 heterocycles. The summed E-state index contributed by atoms with van der Waals surface area (Å²) in [6.07, 6.45) is 0. The van der Waals surface area contributed by atoms with E-state index in [1.54, 1.807) is 0 Å². The van der Waals surface area contributed by atoms with E-state index < -0.39 is 0 Å². The van der Waals surface area contributed by atoms with E-state index in [0.717, 1.165) is 0 Å². The molecule has 0 radical (unpaired) electrons. The fraction of sp³-hybridized carbons (Fsp3) is 0.0370. The Balaban J connectivity index is 1.73. The zero-order chi connectivity index (χ0) is 18.4. The quantitative estimate of drug-likeness (QED) is 0.235. The molecule has 0 unspecified atom stereocenters. The van der Waals surface area contributed by atoms with Gasteiger partial charge < -0.3 is 0 Å². The van der Waals surface area contributed by atoms with Crippen LogP contribution in [0.5, 0.6) is 0 Å². The van der Waals surface area contributed by atoms with Crippen molar-refractivity contribution in [1.82, 2.24) is 0 Å². The summed E-state index contributed by atoms with van der Waals surface area (Å²) < 4.78 is 1.39. The van der Waals surface area contributed by atoms with Gasteiger partial charge in [0.2, 0.25) is 0 Å². The van der Waals surface area contributed by atoms with Crippen molar-refractivity contribution in [2.45, 2.75) is 6.92 Å². The van der Waals surface area contributed by atoms with Gasteiger partial charge in [0.15, 0.2) is 0 Å². The maximum Gasteiger partial charge on any atom is 0.0352 e. The number of aryl methyl sites for hydroxylation is 1. The molecular weight excluding hydrogens is 356 g/mol. The molecule has 0 fully saturated rings. The van der Waals surface area contributed by atoms with E-state index in [-0.39, 0.29) is 0 Å². The van der Waals surface area contributed by atoms with Crippen LogP contribution in [0.15, 0.2) is 78.2 Å². The smallest absolute Gasteiger partial charge is 0.0352 e. The van der Waals surface area contributed by atoms with E-state index in [2.05, 4.69) is 85.1 Å². The first-order chi connectivity index (χ1) is 13.8. The third-order valence-electron chi connectivity index (χ3n) is 6.37. The average molecular weight is 372 g/mol. The predicted octanol–water partition coefficient (Wildman–Crippen LogP) is 8.32. The lowest BCUT2D eigenvalue weighted by Crippen LogP contribution is -1.83. The monoisotopic (exact) mass is 372 g/mol. The average Bonchev–Trinajstić information content (AvgIpc) is 3.26. The van der Waals surface area contributed by atoms with Crippen LogP contribution >= 0.6 is 11.3 Å². The fourth-order valence-corrected chi connectivity index (χ4v) is 6.02. The summed E-state index contributed by atoms with van der Waals surface area (Å²) in [7, 11) is 0. The molecule has 1 aromatic heterocycles. The van der Waals surface area contributed by atoms with Crippen molar-refractivity contribution in [2.24, 2.45) is 0 Å². The van der Waals surface area contributed by atoms with Crippen LogP contribution < -0.4 is 0 Å². The minimum atomic E-state index is 1.31. The number of hydrogen-bond acceptors (Lipinski definition) is 1. The molecule has 0 saturated carbocycles. The molecule has 1 aliphatic rings. The van der Waals surface area contributed by atoms with Gasteiger partial charge in [-0.25, -0.2) is 0 Å². The van der Waals surface area contributed by atoms with E-state index >= 15 is 0 Å². The van der Waals surface area contributed by atoms with Gasteiger partial charge in [-0.3, -0.25) is 0 Å². The Hall–Kier alpha value is -3.16. The molecule has 0 atom stereocenters. The standard InChI is InChI=1S/C27H16S/c1-15-14-28-26-13-24-20-8-4-7-19-18-10-9-16-5-2-3-6-17(16)22(18)12-25(27(19)20)23(24)11-21(15)26/h2-14H,1H3. The number of rotatable bonds is 0. The van der Waals surface area contributed by atoms with Gasteiger partial charge in [0.1, 0.15) is 0 Å². The molecule has 28 heavy (non-hydrogen) atoms. The summed E-state index contributed by atoms with van der Waals surface area (Å²) in [4.78, 5) is 0. The topological polar surface area (TPSA) is 0 Å². The minimum Gasteiger partial charge on any atom is -0.144 e. The maximum atomic E-state index is 2.43. The van der Waals surface area contributed by atoms with Crippen LogP contribution in [0.2, 0.25) is 0 Å². The number of hydrogen-bond donors (Lipinski definition) is 0. The third-order valence-corrected chi connectivity index (χ3v) is 7.43. The Morgan fingerprint density at radius 3 is 2.36 bits per heavy atom. The lowest BCUT2D eigenvalue weighted by molar-refractivity contribution is 1.60. The Bertz CT molecular complexity index is 1610. The minimum absolute atomic E-state index is 1.31. The molecule has 0 N–H and O–H groups in total. The predicted molar refractivity (Wildman–Crippen MR) is 124 cm³/mol. The Labute approximate surface area is 166 Å². The second-order valence-corrected chi connectivity index (χ2v) is 8.76. The summed E-state index contributed by atoms with van der Waals surface area (Å²) in [6, 6.07) is 27.3. The van der Waals surface area contributed by atoms with Gasteiger partial charge in [-0.15, -0.1) is 11.3 Å². The summed E-state index contributed by atoms with van der Waals surface area (Å²) >= 11 is 1.85. The second-order valence-electron chi connectivity index (χ2n) is 7.85. The van der Waals surface area contributed by atoms with Crippen molar-refractivity contribution in [3.8, 4) is 22.3 Å². The molecular formula is C27H16S. The highest BCUT2D eigenvalue weighted by Gasteiger charge is 2.24. The summed E-state index contributed by atoms with van der Waals surface area (Å²) in [5.74, 6) is 0. The molecule has 5 aromatic carbocycles. The molecule has 6 aromatic rings. The fourth-order valence-electron chi connectivity index (χ4n) is 5.05. The van der Waals surface area contributed by atoms with Crippen molar-refractivity contribution in [3.63, 3.8) is 0 Å². The van der Waals surface area contributed by atoms with Crippen LogP contribution in [0, 0.1) is 6.92 Å². The highest BCUT2D eigenvalue weighted by atomic mass is 32.1. The van der Waals surface area contributed by atoms with Crippen molar-refractivity contribution in [3.05, 3.63) is 83.7 Å². The van der Waals surface area contributed by atoms with E-state index in [4.69, 9.17) is 0 Å². The molecule has 0 saturated heterocycles. The van der Waals surface area contributed by atoms with Crippen molar-refractivity contribution in [1.29, 1.82) is 0 Å². The third kappa shape index (κ3) is 1.71. The van der Waals surface area contributed by atoms with Gasteiger partial charge in [0, 0.05) is 4.70 Å². The summed E-state index contributed by atoms with van der Waals surface area (Å²) in [5.41, 5.74) is 6.91. The molecule has 0 aliphatic heterocycles. The van der Waals surface area contributed by atoms with Crippen molar-refractivity contribution in [2.75, 3.05) is 0 Å². The van der Waals surface area contributed by atoms with Crippen LogP contribution in [-0.2, 0) is 0 Å². The van der Waals surface area contributed by atoms with E-state index in [1.165, 1.54) is 70.2 Å². The Morgan fingerprint density at radius 2 is 1.39 bits per heavy atom. The zero-order valence-corrected chi connectivity index (χ0v) is 16.2. The molecule has 1 heteroatoms. The summed E-state index contributed by atoms with van der Waals surface area (Å²) in [6.45, 7) is 2.22. The van der Waals surface area contributed by atoms with Crippen LogP contribution in [0.25, 0.3) is 64.7 Å². The number of fused-ring (bicyclic) bond motifs is 8. The SMILES string of the molecule is Cc1csc2cc3c(cc12)-c1cc2c4ccccc4ccc2c2cccc-3c12. The maximum absolute atomic E-state index is 2.43. The lowest BCUT2D eigenvalue weighted by Gasteiger charge is -2.10. The highest BCUT2D eigenvalue weighted by molar-refractivity contribution is 7.17. The molecule has 0 amide bonds. The van der Waals surface area contributed by atoms with Crippen molar-refractivity contribution >= 4 is 53.7 Å². The number of thiophene rings is 1. The van der Waals surface area contributed by atoms with Gasteiger partial charge in [0.25, 0.3) is 0 Å². The first kappa shape index (κ1) is 14.8. The highest BCUT2D eigenvalue weighted by Crippen LogP contribution is 2.51. The van der Waals surface area contributed by atoms with Gasteiger partial charge >= 0.3 is 0 Å². The van der Waals surface area contributed by atoms with Gasteiger partial charge in [-0.1, -0.05) is 54.6 Å². The molecule has 0 nitrogen and oxygen atoms in total. The second kappa shape index (κ2) is 5.01. The number of benzene rings is 5.